The molecule has 3 rings (SSSR count). The predicted molar refractivity (Wildman–Crippen MR) is 113 cm³/mol. The second kappa shape index (κ2) is 9.24. The Hall–Kier alpha value is -1.96. The highest BCUT2D eigenvalue weighted by Crippen LogP contribution is 2.40. The number of ether oxygens (including phenoxy) is 2. The van der Waals surface area contributed by atoms with E-state index in [2.05, 4.69) is 0 Å². The van der Waals surface area contributed by atoms with E-state index in [1.54, 1.807) is 6.92 Å². The van der Waals surface area contributed by atoms with Crippen molar-refractivity contribution in [1.82, 2.24) is 0 Å². The second-order valence-corrected chi connectivity index (χ2v) is 7.77. The van der Waals surface area contributed by atoms with Crippen LogP contribution in [-0.2, 0) is 23.9 Å². The molecule has 9 heteroatoms. The van der Waals surface area contributed by atoms with Gasteiger partial charge in [-0.15, -0.1) is 0 Å². The topological polar surface area (TPSA) is 72.9 Å². The molecule has 6 nitrogen and oxygen atoms in total. The highest BCUT2D eigenvalue weighted by Gasteiger charge is 2.40. The van der Waals surface area contributed by atoms with Crippen molar-refractivity contribution in [2.75, 3.05) is 18.1 Å². The number of halogens is 2. The molecular formula is C20H19Cl2NO5S. The number of imide groups is 1. The predicted octanol–water partition coefficient (Wildman–Crippen LogP) is 4.38. The molecule has 0 radical (unpaired) electrons. The van der Waals surface area contributed by atoms with Gasteiger partial charge in [-0.05, 0) is 57.0 Å². The van der Waals surface area contributed by atoms with Gasteiger partial charge < -0.3 is 9.47 Å². The third-order valence-corrected chi connectivity index (χ3v) is 5.69. The molecule has 0 spiro atoms. The SMILES string of the molecule is CCOC(=O)CCOC(=S)c1cc(N2C(=O)C3=C(CCCC3)C2=O)c(Cl)cc1Cl. The van der Waals surface area contributed by atoms with Gasteiger partial charge in [0.15, 0.2) is 5.05 Å². The molecule has 1 aromatic rings. The van der Waals surface area contributed by atoms with Crippen molar-refractivity contribution in [3.63, 3.8) is 0 Å². The van der Waals surface area contributed by atoms with Crippen molar-refractivity contribution >= 4 is 63.9 Å². The molecule has 0 N–H and O–H groups in total. The summed E-state index contributed by atoms with van der Waals surface area (Å²) in [5.41, 5.74) is 1.64. The molecular weight excluding hydrogens is 437 g/mol. The van der Waals surface area contributed by atoms with Crippen molar-refractivity contribution in [3.05, 3.63) is 38.9 Å². The average molecular weight is 456 g/mol. The Bertz CT molecular complexity index is 900. The van der Waals surface area contributed by atoms with E-state index in [0.29, 0.717) is 29.6 Å². The molecule has 1 aliphatic heterocycles. The van der Waals surface area contributed by atoms with E-state index in [9.17, 15) is 14.4 Å². The minimum absolute atomic E-state index is 0.0172. The number of carbonyl (C=O) groups is 3. The lowest BCUT2D eigenvalue weighted by molar-refractivity contribution is -0.143. The number of amides is 2. The first-order valence-electron chi connectivity index (χ1n) is 9.27. The molecule has 2 amide bonds. The van der Waals surface area contributed by atoms with Crippen LogP contribution in [0.2, 0.25) is 10.0 Å². The molecule has 0 unspecified atom stereocenters. The summed E-state index contributed by atoms with van der Waals surface area (Å²) in [6, 6.07) is 2.90. The van der Waals surface area contributed by atoms with Gasteiger partial charge in [0.05, 0.1) is 35.4 Å². The van der Waals surface area contributed by atoms with E-state index in [1.807, 2.05) is 0 Å². The van der Waals surface area contributed by atoms with E-state index in [4.69, 9.17) is 44.9 Å². The monoisotopic (exact) mass is 455 g/mol. The number of thiocarbonyl (C=S) groups is 1. The van der Waals surface area contributed by atoms with E-state index >= 15 is 0 Å². The number of hydrogen-bond donors (Lipinski definition) is 0. The number of carbonyl (C=O) groups excluding carboxylic acids is 3. The fourth-order valence-electron chi connectivity index (χ4n) is 3.36. The van der Waals surface area contributed by atoms with Gasteiger partial charge >= 0.3 is 5.97 Å². The van der Waals surface area contributed by atoms with Crippen LogP contribution < -0.4 is 4.90 Å². The second-order valence-electron chi connectivity index (χ2n) is 6.58. The summed E-state index contributed by atoms with van der Waals surface area (Å²) in [7, 11) is 0. The zero-order chi connectivity index (χ0) is 21.1. The van der Waals surface area contributed by atoms with Crippen LogP contribution in [0.5, 0.6) is 0 Å². The van der Waals surface area contributed by atoms with Gasteiger partial charge in [-0.25, -0.2) is 4.90 Å². The standard InChI is InChI=1S/C20H19Cl2NO5S/c1-2-27-17(24)7-8-28-20(29)13-9-16(15(22)10-14(13)21)23-18(25)11-5-3-4-6-12(11)19(23)26/h9-10H,2-8H2,1H3. The van der Waals surface area contributed by atoms with Gasteiger partial charge in [-0.2, -0.15) is 0 Å². The number of hydrogen-bond acceptors (Lipinski definition) is 6. The van der Waals surface area contributed by atoms with Crippen LogP contribution in [0.25, 0.3) is 0 Å². The number of rotatable bonds is 6. The van der Waals surface area contributed by atoms with Crippen molar-refractivity contribution in [2.45, 2.75) is 39.0 Å². The number of benzene rings is 1. The maximum absolute atomic E-state index is 12.8. The van der Waals surface area contributed by atoms with Crippen LogP contribution in [0.4, 0.5) is 5.69 Å². The minimum atomic E-state index is -0.400. The van der Waals surface area contributed by atoms with Gasteiger partial charge in [0.2, 0.25) is 0 Å². The third-order valence-electron chi connectivity index (χ3n) is 4.73. The summed E-state index contributed by atoms with van der Waals surface area (Å²) < 4.78 is 10.3. The van der Waals surface area contributed by atoms with Crippen LogP contribution in [0.15, 0.2) is 23.3 Å². The van der Waals surface area contributed by atoms with Crippen LogP contribution >= 0.6 is 35.4 Å². The highest BCUT2D eigenvalue weighted by molar-refractivity contribution is 7.80. The average Bonchev–Trinajstić information content (AvgIpc) is 2.93. The summed E-state index contributed by atoms with van der Waals surface area (Å²) in [6.07, 6.45) is 2.97. The normalized spacial score (nSPS) is 16.2. The van der Waals surface area contributed by atoms with Crippen molar-refractivity contribution in [3.8, 4) is 0 Å². The molecule has 1 aromatic carbocycles. The molecule has 0 fully saturated rings. The Labute approximate surface area is 183 Å². The summed E-state index contributed by atoms with van der Waals surface area (Å²) in [5.74, 6) is -1.11. The van der Waals surface area contributed by atoms with E-state index in [1.165, 1.54) is 12.1 Å². The zero-order valence-corrected chi connectivity index (χ0v) is 18.1. The molecule has 0 saturated carbocycles. The van der Waals surface area contributed by atoms with Crippen molar-refractivity contribution in [2.24, 2.45) is 0 Å². The summed E-state index contributed by atoms with van der Waals surface area (Å²) in [5, 5.41) is 0.417. The quantitative estimate of drug-likeness (QED) is 0.359. The van der Waals surface area contributed by atoms with E-state index < -0.39 is 5.97 Å². The molecule has 154 valence electrons. The van der Waals surface area contributed by atoms with Crippen LogP contribution in [0.1, 0.15) is 44.6 Å². The molecule has 1 aliphatic carbocycles. The largest absolute Gasteiger partial charge is 0.482 e. The Morgan fingerprint density at radius 3 is 2.28 bits per heavy atom. The molecule has 29 heavy (non-hydrogen) atoms. The molecule has 0 saturated heterocycles. The van der Waals surface area contributed by atoms with Crippen LogP contribution in [-0.4, -0.2) is 36.0 Å². The first-order valence-corrected chi connectivity index (χ1v) is 10.4. The smallest absolute Gasteiger partial charge is 0.309 e. The van der Waals surface area contributed by atoms with Gasteiger partial charge in [0.25, 0.3) is 11.8 Å². The Morgan fingerprint density at radius 2 is 1.69 bits per heavy atom. The molecule has 0 bridgehead atoms. The first kappa shape index (κ1) is 21.7. The lowest BCUT2D eigenvalue weighted by atomic mass is 9.93. The third kappa shape index (κ3) is 4.47. The maximum Gasteiger partial charge on any atom is 0.309 e. The van der Waals surface area contributed by atoms with Gasteiger partial charge in [0.1, 0.15) is 0 Å². The summed E-state index contributed by atoms with van der Waals surface area (Å²) >= 11 is 17.8. The van der Waals surface area contributed by atoms with Crippen molar-refractivity contribution in [1.29, 1.82) is 0 Å². The Kier molecular flexibility index (Phi) is 6.93. The lowest BCUT2D eigenvalue weighted by Gasteiger charge is -2.19. The van der Waals surface area contributed by atoms with E-state index in [-0.39, 0.29) is 52.2 Å². The van der Waals surface area contributed by atoms with Crippen LogP contribution in [0, 0.1) is 0 Å². The van der Waals surface area contributed by atoms with Gasteiger partial charge in [-0.3, -0.25) is 14.4 Å². The molecule has 0 aromatic heterocycles. The van der Waals surface area contributed by atoms with E-state index in [0.717, 1.165) is 17.7 Å². The highest BCUT2D eigenvalue weighted by atomic mass is 35.5. The van der Waals surface area contributed by atoms with Crippen molar-refractivity contribution < 1.29 is 23.9 Å². The summed E-state index contributed by atoms with van der Waals surface area (Å²) in [4.78, 5) is 38.1. The van der Waals surface area contributed by atoms with Gasteiger partial charge in [0, 0.05) is 16.7 Å². The summed E-state index contributed by atoms with van der Waals surface area (Å²) in [6.45, 7) is 2.01. The van der Waals surface area contributed by atoms with Crippen LogP contribution in [0.3, 0.4) is 0 Å². The lowest BCUT2D eigenvalue weighted by Crippen LogP contribution is -2.32. The number of nitrogens with zero attached hydrogens (tertiary/aromatic N) is 1. The first-order chi connectivity index (χ1) is 13.8. The molecule has 0 atom stereocenters. The Morgan fingerprint density at radius 1 is 1.07 bits per heavy atom. The number of esters is 1. The Balaban J connectivity index is 1.81. The zero-order valence-electron chi connectivity index (χ0n) is 15.8. The molecule has 1 heterocycles. The van der Waals surface area contributed by atoms with Gasteiger partial charge in [-0.1, -0.05) is 23.2 Å². The minimum Gasteiger partial charge on any atom is -0.482 e. The fourth-order valence-corrected chi connectivity index (χ4v) is 4.22. The maximum atomic E-state index is 12.8. The number of anilines is 1. The molecule has 2 aliphatic rings. The fraction of sp³-hybridized carbons (Fsp3) is 0.400.